The molecule has 0 fully saturated rings. The van der Waals surface area contributed by atoms with Crippen molar-refractivity contribution in [2.24, 2.45) is 0 Å². The van der Waals surface area contributed by atoms with Crippen LogP contribution >= 0.6 is 7.95 Å². The molecule has 0 aromatic heterocycles. The van der Waals surface area contributed by atoms with Gasteiger partial charge < -0.3 is 9.67 Å². The summed E-state index contributed by atoms with van der Waals surface area (Å²) >= 11 is 0. The third-order valence-corrected chi connectivity index (χ3v) is 6.45. The van der Waals surface area contributed by atoms with E-state index in [4.69, 9.17) is 5.11 Å². The molecule has 2 atom stereocenters. The van der Waals surface area contributed by atoms with Crippen LogP contribution in [0.2, 0.25) is 0 Å². The van der Waals surface area contributed by atoms with Gasteiger partial charge in [-0.25, -0.2) is 0 Å². The third kappa shape index (κ3) is 12.7. The molecule has 4 nitrogen and oxygen atoms in total. The molecule has 0 amide bonds. The van der Waals surface area contributed by atoms with E-state index in [-0.39, 0.29) is 5.66 Å². The van der Waals surface area contributed by atoms with E-state index in [0.717, 1.165) is 25.7 Å². The minimum absolute atomic E-state index is 0.157. The summed E-state index contributed by atoms with van der Waals surface area (Å²) in [7, 11) is -2.04. The number of aliphatic carboxylic acids is 1. The highest BCUT2D eigenvalue weighted by molar-refractivity contribution is 7.43. The van der Waals surface area contributed by atoms with Gasteiger partial charge >= 0.3 is 5.97 Å². The number of nitrogens with one attached hydrogen (secondary N) is 1. The zero-order valence-electron chi connectivity index (χ0n) is 15.4. The summed E-state index contributed by atoms with van der Waals surface area (Å²) in [5.74, 6) is -0.923. The summed E-state index contributed by atoms with van der Waals surface area (Å²) in [5, 5.41) is 11.8. The van der Waals surface area contributed by atoms with Crippen molar-refractivity contribution in [3.05, 3.63) is 0 Å². The van der Waals surface area contributed by atoms with Crippen molar-refractivity contribution < 1.29 is 14.5 Å². The van der Waals surface area contributed by atoms with Gasteiger partial charge in [-0.05, 0) is 19.8 Å². The number of carbonyl (C=O) groups is 1. The van der Waals surface area contributed by atoms with Crippen LogP contribution in [0.4, 0.5) is 0 Å². The summed E-state index contributed by atoms with van der Waals surface area (Å²) < 4.78 is 12.5. The Kier molecular flexibility index (Phi) is 15.0. The van der Waals surface area contributed by atoms with Crippen molar-refractivity contribution in [3.8, 4) is 0 Å². The minimum atomic E-state index is -2.04. The second kappa shape index (κ2) is 15.2. The summed E-state index contributed by atoms with van der Waals surface area (Å²) in [5.41, 5.74) is 0.157. The van der Waals surface area contributed by atoms with Crippen molar-refractivity contribution in [3.63, 3.8) is 0 Å². The van der Waals surface area contributed by atoms with Crippen LogP contribution in [0, 0.1) is 0 Å². The van der Waals surface area contributed by atoms with E-state index in [1.165, 1.54) is 51.4 Å². The van der Waals surface area contributed by atoms with Crippen molar-refractivity contribution >= 4 is 13.9 Å². The Labute approximate surface area is 143 Å². The van der Waals surface area contributed by atoms with Crippen LogP contribution in [-0.4, -0.2) is 22.8 Å². The normalized spacial score (nSPS) is 14.1. The Balaban J connectivity index is 4.23. The summed E-state index contributed by atoms with van der Waals surface area (Å²) in [4.78, 5) is 10.9. The van der Waals surface area contributed by atoms with Crippen molar-refractivity contribution in [2.75, 3.05) is 0 Å². The van der Waals surface area contributed by atoms with Crippen LogP contribution in [0.1, 0.15) is 97.8 Å². The molecule has 0 bridgehead atoms. The Bertz CT molecular complexity index is 309. The molecule has 0 aliphatic rings. The first-order valence-electron chi connectivity index (χ1n) is 9.56. The van der Waals surface area contributed by atoms with E-state index in [9.17, 15) is 9.36 Å². The molecule has 0 aliphatic heterocycles. The van der Waals surface area contributed by atoms with Crippen LogP contribution in [0.25, 0.3) is 0 Å². The standard InChI is InChI=1S/C18H38NO3P/c1-4-6-8-10-12-14-17(15-13-11-9-7-5-2)23(22)19-16(3)18(20)21/h16-17,23H,4-15H2,1-3H3,(H,19,22)(H,20,21)/t16-/m0/s1. The molecule has 0 aliphatic carbocycles. The molecule has 0 saturated heterocycles. The maximum absolute atomic E-state index is 12.5. The molecule has 0 saturated carbocycles. The second-order valence-corrected chi connectivity index (χ2v) is 8.50. The highest BCUT2D eigenvalue weighted by atomic mass is 31.1. The Hall–Kier alpha value is -0.340. The van der Waals surface area contributed by atoms with Crippen LogP contribution in [0.3, 0.4) is 0 Å². The number of rotatable bonds is 16. The van der Waals surface area contributed by atoms with Gasteiger partial charge in [-0.3, -0.25) is 9.88 Å². The fraction of sp³-hybridized carbons (Fsp3) is 0.944. The first-order valence-corrected chi connectivity index (χ1v) is 11.0. The van der Waals surface area contributed by atoms with E-state index >= 15 is 0 Å². The molecule has 0 aromatic carbocycles. The molecule has 1 unspecified atom stereocenters. The van der Waals surface area contributed by atoms with Gasteiger partial charge in [0.25, 0.3) is 0 Å². The topological polar surface area (TPSA) is 66.4 Å². The van der Waals surface area contributed by atoms with E-state index in [1.807, 2.05) is 0 Å². The van der Waals surface area contributed by atoms with Crippen molar-refractivity contribution in [1.82, 2.24) is 5.09 Å². The lowest BCUT2D eigenvalue weighted by Gasteiger charge is -2.19. The molecule has 0 heterocycles. The van der Waals surface area contributed by atoms with Gasteiger partial charge in [-0.15, -0.1) is 0 Å². The lowest BCUT2D eigenvalue weighted by Crippen LogP contribution is -2.30. The molecule has 0 spiro atoms. The van der Waals surface area contributed by atoms with Gasteiger partial charge in [0.1, 0.15) is 14.0 Å². The van der Waals surface area contributed by atoms with Crippen LogP contribution < -0.4 is 5.09 Å². The molecule has 2 N–H and O–H groups in total. The maximum Gasteiger partial charge on any atom is 0.320 e. The molecular weight excluding hydrogens is 309 g/mol. The number of unbranched alkanes of at least 4 members (excludes halogenated alkanes) is 8. The SMILES string of the molecule is CCCCCCCC(CCCCCCC)[PH](=O)N[C@@H](C)C(=O)O. The lowest BCUT2D eigenvalue weighted by molar-refractivity contribution is -0.138. The van der Waals surface area contributed by atoms with Crippen molar-refractivity contribution in [1.29, 1.82) is 0 Å². The predicted molar refractivity (Wildman–Crippen MR) is 99.8 cm³/mol. The average molecular weight is 347 g/mol. The quantitative estimate of drug-likeness (QED) is 0.281. The predicted octanol–water partition coefficient (Wildman–Crippen LogP) is 5.61. The Morgan fingerprint density at radius 3 is 1.74 bits per heavy atom. The lowest BCUT2D eigenvalue weighted by atomic mass is 10.0. The van der Waals surface area contributed by atoms with Crippen LogP contribution in [0.5, 0.6) is 0 Å². The largest absolute Gasteiger partial charge is 0.480 e. The highest BCUT2D eigenvalue weighted by Crippen LogP contribution is 2.33. The molecule has 0 rings (SSSR count). The molecule has 23 heavy (non-hydrogen) atoms. The van der Waals surface area contributed by atoms with Crippen LogP contribution in [-0.2, 0) is 9.36 Å². The highest BCUT2D eigenvalue weighted by Gasteiger charge is 2.20. The molecule has 0 aromatic rings. The third-order valence-electron chi connectivity index (χ3n) is 4.41. The first-order chi connectivity index (χ1) is 11.0. The molecule has 138 valence electrons. The summed E-state index contributed by atoms with van der Waals surface area (Å²) in [6.07, 6.45) is 14.1. The van der Waals surface area contributed by atoms with Gasteiger partial charge in [-0.2, -0.15) is 0 Å². The Morgan fingerprint density at radius 2 is 1.35 bits per heavy atom. The number of hydrogen-bond donors (Lipinski definition) is 2. The number of carboxylic acids is 1. The van der Waals surface area contributed by atoms with Gasteiger partial charge in [0.2, 0.25) is 0 Å². The van der Waals surface area contributed by atoms with Gasteiger partial charge in [0.15, 0.2) is 0 Å². The number of hydrogen-bond acceptors (Lipinski definition) is 2. The molecule has 5 heteroatoms. The average Bonchev–Trinajstić information content (AvgIpc) is 2.52. The zero-order chi connectivity index (χ0) is 17.5. The summed E-state index contributed by atoms with van der Waals surface area (Å²) in [6.45, 7) is 5.98. The first kappa shape index (κ1) is 22.7. The monoisotopic (exact) mass is 347 g/mol. The van der Waals surface area contributed by atoms with E-state index in [1.54, 1.807) is 6.92 Å². The van der Waals surface area contributed by atoms with Crippen LogP contribution in [0.15, 0.2) is 0 Å². The van der Waals surface area contributed by atoms with E-state index < -0.39 is 20.0 Å². The minimum Gasteiger partial charge on any atom is -0.480 e. The zero-order valence-corrected chi connectivity index (χ0v) is 16.4. The van der Waals surface area contributed by atoms with Crippen molar-refractivity contribution in [2.45, 2.75) is 110 Å². The second-order valence-electron chi connectivity index (χ2n) is 6.67. The fourth-order valence-electron chi connectivity index (χ4n) is 2.79. The Morgan fingerprint density at radius 1 is 0.913 bits per heavy atom. The summed E-state index contributed by atoms with van der Waals surface area (Å²) in [6, 6.07) is -0.718. The fourth-order valence-corrected chi connectivity index (χ4v) is 4.51. The van der Waals surface area contributed by atoms with E-state index in [2.05, 4.69) is 18.9 Å². The molecular formula is C18H38NO3P. The molecule has 0 radical (unpaired) electrons. The van der Waals surface area contributed by atoms with E-state index in [0.29, 0.717) is 0 Å². The number of carboxylic acid groups (broad SMARTS) is 1. The van der Waals surface area contributed by atoms with Gasteiger partial charge in [-0.1, -0.05) is 78.1 Å². The van der Waals surface area contributed by atoms with Gasteiger partial charge in [0.05, 0.1) is 0 Å². The maximum atomic E-state index is 12.5. The smallest absolute Gasteiger partial charge is 0.320 e. The van der Waals surface area contributed by atoms with Gasteiger partial charge in [0, 0.05) is 5.66 Å².